The van der Waals surface area contributed by atoms with Gasteiger partial charge in [-0.1, -0.05) is 71.0 Å². The van der Waals surface area contributed by atoms with E-state index in [0.717, 1.165) is 16.9 Å². The molecule has 3 aromatic carbocycles. The maximum Gasteiger partial charge on any atom is 0.124 e. The molecule has 0 aliphatic rings. The van der Waals surface area contributed by atoms with Gasteiger partial charge in [0, 0.05) is 15.8 Å². The molecule has 0 spiro atoms. The van der Waals surface area contributed by atoms with E-state index < -0.39 is 0 Å². The average molecular weight is 492 g/mol. The van der Waals surface area contributed by atoms with Gasteiger partial charge in [0.1, 0.15) is 4.83 Å². The molecule has 0 unspecified atom stereocenters. The average Bonchev–Trinajstić information content (AvgIpc) is 3.17. The summed E-state index contributed by atoms with van der Waals surface area (Å²) in [5.74, 6) is 0.651. The zero-order valence-electron chi connectivity index (χ0n) is 22.9. The Morgan fingerprint density at radius 2 is 1.53 bits per heavy atom. The molecular formula is C34H37NS. The molecule has 0 aliphatic heterocycles. The Kier molecular flexibility index (Phi) is 6.29. The number of rotatable bonds is 4. The van der Waals surface area contributed by atoms with Crippen LogP contribution in [0.4, 0.5) is 0 Å². The van der Waals surface area contributed by atoms with Crippen LogP contribution in [-0.2, 0) is 11.8 Å². The van der Waals surface area contributed by atoms with Gasteiger partial charge >= 0.3 is 0 Å². The summed E-state index contributed by atoms with van der Waals surface area (Å²) in [5, 5.41) is 3.87. The molecule has 5 rings (SSSR count). The van der Waals surface area contributed by atoms with E-state index in [9.17, 15) is 0 Å². The molecule has 184 valence electrons. The van der Waals surface area contributed by atoms with Crippen molar-refractivity contribution in [3.63, 3.8) is 0 Å². The molecule has 0 aliphatic carbocycles. The lowest BCUT2D eigenvalue weighted by atomic mass is 9.82. The smallest absolute Gasteiger partial charge is 0.124 e. The van der Waals surface area contributed by atoms with E-state index >= 15 is 0 Å². The van der Waals surface area contributed by atoms with Crippen LogP contribution < -0.4 is 0 Å². The molecule has 0 bridgehead atoms. The summed E-state index contributed by atoms with van der Waals surface area (Å²) in [6, 6.07) is 22.9. The van der Waals surface area contributed by atoms with Crippen LogP contribution in [0, 0.1) is 26.7 Å². The molecule has 2 heteroatoms. The molecule has 0 radical (unpaired) electrons. The number of hydrogen-bond acceptors (Lipinski definition) is 2. The largest absolute Gasteiger partial charge is 0.237 e. The Morgan fingerprint density at radius 1 is 0.833 bits per heavy atom. The molecular weight excluding hydrogens is 454 g/mol. The summed E-state index contributed by atoms with van der Waals surface area (Å²) >= 11 is 1.80. The molecule has 2 heterocycles. The summed E-state index contributed by atoms with van der Waals surface area (Å²) in [7, 11) is 0. The fourth-order valence-corrected chi connectivity index (χ4v) is 6.54. The number of fused-ring (bicyclic) bond motifs is 2. The first-order valence-electron chi connectivity index (χ1n) is 13.1. The Balaban J connectivity index is 1.77. The van der Waals surface area contributed by atoms with Crippen molar-refractivity contribution < 1.29 is 0 Å². The molecule has 0 saturated heterocycles. The summed E-state index contributed by atoms with van der Waals surface area (Å²) < 4.78 is 0. The predicted octanol–water partition coefficient (Wildman–Crippen LogP) is 10.2. The second-order valence-corrected chi connectivity index (χ2v) is 13.1. The highest BCUT2D eigenvalue weighted by atomic mass is 32.1. The first kappa shape index (κ1) is 24.7. The fourth-order valence-electron chi connectivity index (χ4n) is 5.64. The van der Waals surface area contributed by atoms with Crippen LogP contribution in [0.1, 0.15) is 61.7 Å². The molecule has 0 fully saturated rings. The number of aryl methyl sites for hydroxylation is 3. The highest BCUT2D eigenvalue weighted by molar-refractivity contribution is 7.18. The maximum atomic E-state index is 5.22. The van der Waals surface area contributed by atoms with Gasteiger partial charge in [0.05, 0.1) is 5.69 Å². The van der Waals surface area contributed by atoms with Gasteiger partial charge in [0.2, 0.25) is 0 Å². The molecule has 1 nitrogen and oxygen atoms in total. The lowest BCUT2D eigenvalue weighted by Gasteiger charge is -2.23. The van der Waals surface area contributed by atoms with Gasteiger partial charge in [-0.05, 0) is 107 Å². The monoisotopic (exact) mass is 491 g/mol. The van der Waals surface area contributed by atoms with Crippen molar-refractivity contribution in [2.24, 2.45) is 5.92 Å². The SMILES string of the molecule is Cc1cc2c(-c3c(C)cc(CC(C)C)cc3C)cc(-c3cc(C(C)(C)C)c4ccccc4c3)nc2s1. The van der Waals surface area contributed by atoms with E-state index in [1.54, 1.807) is 11.3 Å². The van der Waals surface area contributed by atoms with E-state index in [1.807, 2.05) is 0 Å². The first-order valence-corrected chi connectivity index (χ1v) is 13.9. The van der Waals surface area contributed by atoms with Crippen LogP contribution in [0.5, 0.6) is 0 Å². The Hall–Kier alpha value is -2.97. The van der Waals surface area contributed by atoms with E-state index in [-0.39, 0.29) is 5.41 Å². The summed E-state index contributed by atoms with van der Waals surface area (Å²) in [4.78, 5) is 7.64. The number of thiophene rings is 1. The summed E-state index contributed by atoms with van der Waals surface area (Å²) in [6.45, 7) is 18.2. The Labute approximate surface area is 220 Å². The molecule has 36 heavy (non-hydrogen) atoms. The van der Waals surface area contributed by atoms with E-state index in [2.05, 4.69) is 116 Å². The highest BCUT2D eigenvalue weighted by Gasteiger charge is 2.20. The van der Waals surface area contributed by atoms with Gasteiger partial charge in [-0.3, -0.25) is 0 Å². The lowest BCUT2D eigenvalue weighted by Crippen LogP contribution is -2.12. The molecule has 0 atom stereocenters. The number of pyridine rings is 1. The summed E-state index contributed by atoms with van der Waals surface area (Å²) in [6.07, 6.45) is 1.11. The first-order chi connectivity index (χ1) is 17.0. The Morgan fingerprint density at radius 3 is 2.19 bits per heavy atom. The van der Waals surface area contributed by atoms with Crippen LogP contribution in [-0.4, -0.2) is 4.98 Å². The minimum atomic E-state index is 0.0431. The third-order valence-corrected chi connectivity index (χ3v) is 8.04. The van der Waals surface area contributed by atoms with Crippen molar-refractivity contribution in [2.75, 3.05) is 0 Å². The minimum absolute atomic E-state index is 0.0431. The zero-order valence-corrected chi connectivity index (χ0v) is 23.7. The van der Waals surface area contributed by atoms with E-state index in [1.165, 1.54) is 60.0 Å². The van der Waals surface area contributed by atoms with Gasteiger partial charge in [-0.2, -0.15) is 0 Å². The summed E-state index contributed by atoms with van der Waals surface area (Å²) in [5.41, 5.74) is 10.4. The van der Waals surface area contributed by atoms with Crippen LogP contribution in [0.15, 0.2) is 60.7 Å². The van der Waals surface area contributed by atoms with E-state index in [0.29, 0.717) is 5.92 Å². The molecule has 2 aromatic heterocycles. The standard InChI is InChI=1S/C34H37NS/c1-20(2)13-24-14-21(3)32(22(4)15-24)28-19-31(35-33-29(28)16-23(5)36-33)26-17-25-11-9-10-12-27(25)30(18-26)34(6,7)8/h9-12,14-20H,13H2,1-8H3. The van der Waals surface area contributed by atoms with Crippen molar-refractivity contribution in [3.05, 3.63) is 87.8 Å². The van der Waals surface area contributed by atoms with Gasteiger partial charge in [-0.15, -0.1) is 11.3 Å². The number of hydrogen-bond donors (Lipinski definition) is 0. The van der Waals surface area contributed by atoms with Crippen molar-refractivity contribution in [2.45, 2.75) is 67.2 Å². The minimum Gasteiger partial charge on any atom is -0.237 e. The van der Waals surface area contributed by atoms with Crippen molar-refractivity contribution in [1.82, 2.24) is 4.98 Å². The van der Waals surface area contributed by atoms with Gasteiger partial charge in [0.25, 0.3) is 0 Å². The number of aromatic nitrogens is 1. The van der Waals surface area contributed by atoms with Gasteiger partial charge < -0.3 is 0 Å². The van der Waals surface area contributed by atoms with Crippen molar-refractivity contribution >= 4 is 32.3 Å². The quantitative estimate of drug-likeness (QED) is 0.244. The van der Waals surface area contributed by atoms with Crippen molar-refractivity contribution in [3.8, 4) is 22.4 Å². The van der Waals surface area contributed by atoms with E-state index in [4.69, 9.17) is 4.98 Å². The van der Waals surface area contributed by atoms with Crippen LogP contribution >= 0.6 is 11.3 Å². The lowest BCUT2D eigenvalue weighted by molar-refractivity contribution is 0.596. The van der Waals surface area contributed by atoms with Gasteiger partial charge in [0.15, 0.2) is 0 Å². The van der Waals surface area contributed by atoms with Crippen molar-refractivity contribution in [1.29, 1.82) is 0 Å². The normalized spacial score (nSPS) is 12.2. The van der Waals surface area contributed by atoms with Gasteiger partial charge in [-0.25, -0.2) is 4.98 Å². The number of nitrogens with zero attached hydrogens (tertiary/aromatic N) is 1. The number of benzene rings is 3. The Bertz CT molecular complexity index is 1570. The second kappa shape index (κ2) is 9.16. The topological polar surface area (TPSA) is 12.9 Å². The zero-order chi connectivity index (χ0) is 25.8. The van der Waals surface area contributed by atoms with Crippen LogP contribution in [0.25, 0.3) is 43.4 Å². The van der Waals surface area contributed by atoms with Crippen LogP contribution in [0.3, 0.4) is 0 Å². The highest BCUT2D eigenvalue weighted by Crippen LogP contribution is 2.41. The second-order valence-electron chi connectivity index (χ2n) is 11.8. The molecule has 0 saturated carbocycles. The molecule has 0 N–H and O–H groups in total. The van der Waals surface area contributed by atoms with Crippen LogP contribution in [0.2, 0.25) is 0 Å². The fraction of sp³-hybridized carbons (Fsp3) is 0.324. The third kappa shape index (κ3) is 4.60. The molecule has 5 aromatic rings. The molecule has 0 amide bonds. The predicted molar refractivity (Wildman–Crippen MR) is 159 cm³/mol. The maximum absolute atomic E-state index is 5.22. The third-order valence-electron chi connectivity index (χ3n) is 7.10.